The number of rotatable bonds is 27. The third kappa shape index (κ3) is 15.1. The number of benzene rings is 3. The maximum Gasteiger partial charge on any atom is 0.407 e. The molecule has 2 aliphatic rings. The Morgan fingerprint density at radius 1 is 0.773 bits per heavy atom. The number of unbranched alkanes of at least 4 members (excludes halogenated alkanes) is 4. The number of nitrogens with zero attached hydrogens (tertiary/aromatic N) is 2. The monoisotopic (exact) mass is 908 g/mol. The predicted octanol–water partition coefficient (Wildman–Crippen LogP) is 7.52. The van der Waals surface area contributed by atoms with Crippen molar-refractivity contribution in [3.8, 4) is 11.1 Å². The minimum Gasteiger partial charge on any atom is -0.445 e. The first kappa shape index (κ1) is 51.1. The number of alkyl carbamates (subject to hydrolysis) is 1. The Morgan fingerprint density at radius 2 is 1.44 bits per heavy atom. The molecule has 14 nitrogen and oxygen atoms in total. The zero-order valence-corrected chi connectivity index (χ0v) is 39.2. The summed E-state index contributed by atoms with van der Waals surface area (Å²) in [6, 6.07) is 22.5. The van der Waals surface area contributed by atoms with E-state index >= 15 is 0 Å². The largest absolute Gasteiger partial charge is 0.445 e. The van der Waals surface area contributed by atoms with Gasteiger partial charge in [0.25, 0.3) is 11.8 Å². The lowest BCUT2D eigenvalue weighted by molar-refractivity contribution is -0.209. The van der Waals surface area contributed by atoms with Crippen LogP contribution in [0.5, 0.6) is 0 Å². The summed E-state index contributed by atoms with van der Waals surface area (Å²) in [6.45, 7) is 6.91. The topological polar surface area (TPSA) is 181 Å². The Kier molecular flexibility index (Phi) is 20.4. The fraction of sp³-hybridized carbons (Fsp3) is 0.519. The van der Waals surface area contributed by atoms with E-state index in [1.807, 2.05) is 49.4 Å². The highest BCUT2D eigenvalue weighted by Gasteiger charge is 2.41. The highest BCUT2D eigenvalue weighted by atomic mass is 16.7. The van der Waals surface area contributed by atoms with Crippen LogP contribution in [0.25, 0.3) is 11.1 Å². The van der Waals surface area contributed by atoms with E-state index < -0.39 is 47.9 Å². The summed E-state index contributed by atoms with van der Waals surface area (Å²) >= 11 is 0. The quantitative estimate of drug-likeness (QED) is 0.0515. The highest BCUT2D eigenvalue weighted by molar-refractivity contribution is 6.00. The number of β-lactam (4-membered cyclic amide) rings is 1. The molecule has 3 aromatic carbocycles. The molecular weight excluding hydrogens is 839 g/mol. The number of amides is 5. The van der Waals surface area contributed by atoms with Gasteiger partial charge in [-0.2, -0.15) is 0 Å². The van der Waals surface area contributed by atoms with Crippen LogP contribution in [-0.2, 0) is 46.6 Å². The van der Waals surface area contributed by atoms with Crippen molar-refractivity contribution in [2.75, 3.05) is 26.7 Å². The van der Waals surface area contributed by atoms with Gasteiger partial charge in [0.1, 0.15) is 12.6 Å². The number of carbonyl (C=O) groups is 7. The third-order valence-corrected chi connectivity index (χ3v) is 12.6. The Hall–Kier alpha value is -5.89. The van der Waals surface area contributed by atoms with Crippen LogP contribution in [0.1, 0.15) is 126 Å². The third-order valence-electron chi connectivity index (χ3n) is 12.6. The number of aryl methyl sites for hydroxylation is 1. The lowest BCUT2D eigenvalue weighted by Gasteiger charge is -2.36. The van der Waals surface area contributed by atoms with Gasteiger partial charge in [-0.05, 0) is 85.8 Å². The number of likely N-dealkylation sites (tertiary alicyclic amines) is 1. The zero-order chi connectivity index (χ0) is 47.4. The lowest BCUT2D eigenvalue weighted by Crippen LogP contribution is -2.54. The maximum atomic E-state index is 14.4. The van der Waals surface area contributed by atoms with Gasteiger partial charge in [0, 0.05) is 37.4 Å². The smallest absolute Gasteiger partial charge is 0.407 e. The Labute approximate surface area is 389 Å². The van der Waals surface area contributed by atoms with Crippen molar-refractivity contribution in [2.24, 2.45) is 11.8 Å². The number of nitrogens with one attached hydrogen (secondary N) is 3. The van der Waals surface area contributed by atoms with Gasteiger partial charge in [-0.1, -0.05) is 113 Å². The minimum absolute atomic E-state index is 0.00329. The molecule has 5 amide bonds. The number of ether oxygens (including phenoxy) is 1. The molecule has 3 aromatic rings. The summed E-state index contributed by atoms with van der Waals surface area (Å²) < 4.78 is 5.32. The molecule has 0 saturated carbocycles. The van der Waals surface area contributed by atoms with Gasteiger partial charge in [0.2, 0.25) is 11.8 Å². The minimum atomic E-state index is -0.958. The first-order valence-corrected chi connectivity index (χ1v) is 23.9. The SMILES string of the molecule is CCCCC[C@H](NC(=O)[C@H](C)CC(=O)[C@@H]1CCCN1C(=O)[C@H](CCCCNC(=O)OCc1ccccc1)NC(=O)c1ccc(-c2ccc(CCCC)cc2)cc1)C(=O)C[C@@H]1CN(OC)C1=O. The Balaban J connectivity index is 1.21. The molecule has 2 saturated heterocycles. The van der Waals surface area contributed by atoms with E-state index in [0.717, 1.165) is 55.2 Å². The van der Waals surface area contributed by atoms with E-state index in [0.29, 0.717) is 57.3 Å². The molecule has 0 radical (unpaired) electrons. The molecule has 2 heterocycles. The number of ketones is 2. The number of Topliss-reactive ketones (excluding diaryl/α,β-unsaturated/α-hetero) is 2. The van der Waals surface area contributed by atoms with E-state index in [2.05, 4.69) is 47.1 Å². The second kappa shape index (κ2) is 26.3. The molecule has 0 unspecified atom stereocenters. The molecule has 0 aliphatic carbocycles. The van der Waals surface area contributed by atoms with Crippen molar-refractivity contribution in [2.45, 2.75) is 135 Å². The predicted molar refractivity (Wildman–Crippen MR) is 252 cm³/mol. The number of carbonyl (C=O) groups excluding carboxylic acids is 7. The van der Waals surface area contributed by atoms with E-state index in [-0.39, 0.29) is 49.3 Å². The van der Waals surface area contributed by atoms with Gasteiger partial charge in [0.15, 0.2) is 11.6 Å². The van der Waals surface area contributed by atoms with Crippen molar-refractivity contribution >= 4 is 41.3 Å². The van der Waals surface area contributed by atoms with Crippen molar-refractivity contribution in [1.82, 2.24) is 25.9 Å². The second-order valence-electron chi connectivity index (χ2n) is 17.7. The fourth-order valence-electron chi connectivity index (χ4n) is 8.48. The Bertz CT molecular complexity index is 2080. The highest BCUT2D eigenvalue weighted by Crippen LogP contribution is 2.26. The van der Waals surface area contributed by atoms with Crippen LogP contribution < -0.4 is 16.0 Å². The average Bonchev–Trinajstić information content (AvgIpc) is 3.83. The molecular formula is C52H69N5O9. The van der Waals surface area contributed by atoms with Crippen molar-refractivity contribution in [3.63, 3.8) is 0 Å². The maximum absolute atomic E-state index is 14.4. The number of hydroxylamine groups is 2. The molecule has 14 heteroatoms. The molecule has 5 atom stereocenters. The van der Waals surface area contributed by atoms with E-state index in [1.54, 1.807) is 19.1 Å². The van der Waals surface area contributed by atoms with Crippen LogP contribution in [0.2, 0.25) is 0 Å². The van der Waals surface area contributed by atoms with Crippen molar-refractivity contribution < 1.29 is 43.1 Å². The fourth-order valence-corrected chi connectivity index (χ4v) is 8.48. The molecule has 0 spiro atoms. The van der Waals surface area contributed by atoms with E-state index in [1.165, 1.54) is 22.6 Å². The van der Waals surface area contributed by atoms with Gasteiger partial charge >= 0.3 is 6.09 Å². The van der Waals surface area contributed by atoms with Crippen LogP contribution in [0.3, 0.4) is 0 Å². The Morgan fingerprint density at radius 3 is 2.11 bits per heavy atom. The normalized spacial score (nSPS) is 17.0. The molecule has 66 heavy (non-hydrogen) atoms. The molecule has 3 N–H and O–H groups in total. The zero-order valence-electron chi connectivity index (χ0n) is 39.2. The molecule has 356 valence electrons. The summed E-state index contributed by atoms with van der Waals surface area (Å²) in [5, 5.41) is 9.77. The van der Waals surface area contributed by atoms with Crippen LogP contribution in [0.15, 0.2) is 78.9 Å². The van der Waals surface area contributed by atoms with Gasteiger partial charge in [-0.15, -0.1) is 0 Å². The number of hydrogen-bond donors (Lipinski definition) is 3. The first-order valence-electron chi connectivity index (χ1n) is 23.9. The number of hydrogen-bond acceptors (Lipinski definition) is 9. The van der Waals surface area contributed by atoms with Crippen LogP contribution in [0.4, 0.5) is 4.79 Å². The molecule has 0 aromatic heterocycles. The summed E-state index contributed by atoms with van der Waals surface area (Å²) in [6.07, 6.45) is 7.77. The average molecular weight is 908 g/mol. The standard InChI is InChI=1S/C52H69N5O9/c1-5-7-10-19-43(46(58)33-42-34-57(65-4)50(42)62)54-48(60)36(3)32-47(59)45-21-15-31-56(45)51(63)44(20-13-14-30-53-52(64)66-35-38-17-11-9-12-18-38)55-49(61)41-28-26-40(27-29-41)39-24-22-37(23-25-39)16-8-6-2/h9,11-12,17-18,22-29,36,42-45H,5-8,10,13-16,19-21,30-35H2,1-4H3,(H,53,64)(H,54,60)(H,55,61)/t36-,42-,43+,44+,45+/m1/s1. The van der Waals surface area contributed by atoms with Crippen LogP contribution >= 0.6 is 0 Å². The van der Waals surface area contributed by atoms with Gasteiger partial charge < -0.3 is 25.6 Å². The summed E-state index contributed by atoms with van der Waals surface area (Å²) in [5.41, 5.74) is 4.52. The summed E-state index contributed by atoms with van der Waals surface area (Å²) in [4.78, 5) is 100. The van der Waals surface area contributed by atoms with E-state index in [4.69, 9.17) is 9.57 Å². The van der Waals surface area contributed by atoms with E-state index in [9.17, 15) is 33.6 Å². The van der Waals surface area contributed by atoms with Gasteiger partial charge in [-0.3, -0.25) is 33.6 Å². The molecule has 2 aliphatic heterocycles. The van der Waals surface area contributed by atoms with Gasteiger partial charge in [-0.25, -0.2) is 9.86 Å². The van der Waals surface area contributed by atoms with Crippen LogP contribution in [-0.4, -0.2) is 96.1 Å². The van der Waals surface area contributed by atoms with Crippen LogP contribution in [0, 0.1) is 11.8 Å². The molecule has 0 bridgehead atoms. The lowest BCUT2D eigenvalue weighted by atomic mass is 9.90. The summed E-state index contributed by atoms with van der Waals surface area (Å²) in [7, 11) is 1.40. The van der Waals surface area contributed by atoms with Crippen molar-refractivity contribution in [1.29, 1.82) is 0 Å². The molecule has 2 fully saturated rings. The first-order chi connectivity index (χ1) is 31.9. The van der Waals surface area contributed by atoms with Gasteiger partial charge in [0.05, 0.1) is 31.7 Å². The molecule has 5 rings (SSSR count). The summed E-state index contributed by atoms with van der Waals surface area (Å²) in [5.74, 6) is -3.28. The second-order valence-corrected chi connectivity index (χ2v) is 17.7. The van der Waals surface area contributed by atoms with Crippen molar-refractivity contribution in [3.05, 3.63) is 95.6 Å².